The summed E-state index contributed by atoms with van der Waals surface area (Å²) in [5.74, 6) is -0.923. The Bertz CT molecular complexity index is 385. The van der Waals surface area contributed by atoms with Crippen molar-refractivity contribution in [3.05, 3.63) is 35.9 Å². The summed E-state index contributed by atoms with van der Waals surface area (Å²) in [6, 6.07) is 9.73. The Morgan fingerprint density at radius 3 is 2.69 bits per heavy atom. The van der Waals surface area contributed by atoms with Gasteiger partial charge in [0.15, 0.2) is 12.7 Å². The normalized spacial score (nSPS) is 20.1. The van der Waals surface area contributed by atoms with Crippen molar-refractivity contribution in [2.45, 2.75) is 18.9 Å². The fourth-order valence-corrected chi connectivity index (χ4v) is 1.58. The van der Waals surface area contributed by atoms with Crippen molar-refractivity contribution in [2.24, 2.45) is 0 Å². The van der Waals surface area contributed by atoms with Gasteiger partial charge in [-0.15, -0.1) is 0 Å². The van der Waals surface area contributed by atoms with Crippen LogP contribution >= 0.6 is 0 Å². The third kappa shape index (κ3) is 2.59. The molecule has 1 fully saturated rings. The van der Waals surface area contributed by atoms with Crippen LogP contribution in [-0.2, 0) is 25.5 Å². The van der Waals surface area contributed by atoms with E-state index in [-0.39, 0.29) is 6.61 Å². The predicted octanol–water partition coefficient (Wildman–Crippen LogP) is 1.09. The van der Waals surface area contributed by atoms with Crippen LogP contribution in [0.1, 0.15) is 12.0 Å². The van der Waals surface area contributed by atoms with E-state index in [1.165, 1.54) is 0 Å². The number of hydrogen-bond acceptors (Lipinski definition) is 4. The van der Waals surface area contributed by atoms with Gasteiger partial charge in [0.2, 0.25) is 0 Å². The molecule has 0 spiro atoms. The van der Waals surface area contributed by atoms with Gasteiger partial charge in [-0.1, -0.05) is 30.3 Å². The van der Waals surface area contributed by atoms with Gasteiger partial charge in [-0.2, -0.15) is 0 Å². The van der Waals surface area contributed by atoms with E-state index in [4.69, 9.17) is 4.74 Å². The van der Waals surface area contributed by atoms with E-state index in [1.807, 2.05) is 30.3 Å². The molecule has 0 bridgehead atoms. The molecule has 0 N–H and O–H groups in total. The first-order valence-corrected chi connectivity index (χ1v) is 5.16. The molecule has 1 aromatic rings. The van der Waals surface area contributed by atoms with Crippen molar-refractivity contribution in [3.8, 4) is 0 Å². The van der Waals surface area contributed by atoms with Crippen LogP contribution in [-0.4, -0.2) is 24.6 Å². The molecule has 0 aromatic heterocycles. The van der Waals surface area contributed by atoms with Gasteiger partial charge in [0.05, 0.1) is 0 Å². The van der Waals surface area contributed by atoms with Gasteiger partial charge in [-0.05, 0) is 18.4 Å². The van der Waals surface area contributed by atoms with E-state index in [0.29, 0.717) is 12.8 Å². The van der Waals surface area contributed by atoms with Crippen LogP contribution in [0.5, 0.6) is 0 Å². The number of carbonyl (C=O) groups is 2. The molecular formula is C12H12O4. The highest BCUT2D eigenvalue weighted by molar-refractivity contribution is 5.85. The predicted molar refractivity (Wildman–Crippen MR) is 55.6 cm³/mol. The number of ether oxygens (including phenoxy) is 2. The zero-order valence-corrected chi connectivity index (χ0v) is 8.72. The molecule has 1 aliphatic heterocycles. The minimum atomic E-state index is -0.749. The topological polar surface area (TPSA) is 52.6 Å². The van der Waals surface area contributed by atoms with Crippen molar-refractivity contribution in [1.29, 1.82) is 0 Å². The van der Waals surface area contributed by atoms with E-state index >= 15 is 0 Å². The second kappa shape index (κ2) is 4.79. The van der Waals surface area contributed by atoms with Crippen LogP contribution in [0.2, 0.25) is 0 Å². The number of rotatable bonds is 3. The Morgan fingerprint density at radius 1 is 1.19 bits per heavy atom. The van der Waals surface area contributed by atoms with E-state index in [9.17, 15) is 9.59 Å². The van der Waals surface area contributed by atoms with Gasteiger partial charge in [0, 0.05) is 0 Å². The van der Waals surface area contributed by atoms with Crippen LogP contribution in [0.3, 0.4) is 0 Å². The summed E-state index contributed by atoms with van der Waals surface area (Å²) in [5, 5.41) is 0. The van der Waals surface area contributed by atoms with E-state index in [1.54, 1.807) is 0 Å². The molecule has 84 valence electrons. The van der Waals surface area contributed by atoms with Crippen molar-refractivity contribution in [2.75, 3.05) is 6.61 Å². The fraction of sp³-hybridized carbons (Fsp3) is 0.333. The molecule has 1 aromatic carbocycles. The maximum absolute atomic E-state index is 11.3. The molecule has 0 radical (unpaired) electrons. The number of esters is 2. The lowest BCUT2D eigenvalue weighted by Crippen LogP contribution is -2.37. The Kier molecular flexibility index (Phi) is 3.19. The molecule has 0 aliphatic carbocycles. The van der Waals surface area contributed by atoms with Crippen LogP contribution in [0, 0.1) is 0 Å². The van der Waals surface area contributed by atoms with Gasteiger partial charge in [-0.3, -0.25) is 0 Å². The van der Waals surface area contributed by atoms with Gasteiger partial charge in [-0.25, -0.2) is 9.59 Å². The number of cyclic esters (lactones) is 2. The monoisotopic (exact) mass is 220 g/mol. The second-order valence-corrected chi connectivity index (χ2v) is 3.61. The highest BCUT2D eigenvalue weighted by atomic mass is 16.6. The first-order valence-electron chi connectivity index (χ1n) is 5.16. The third-order valence-corrected chi connectivity index (χ3v) is 2.41. The van der Waals surface area contributed by atoms with Gasteiger partial charge < -0.3 is 9.47 Å². The minimum absolute atomic E-state index is 0.263. The molecular weight excluding hydrogens is 208 g/mol. The van der Waals surface area contributed by atoms with Crippen molar-refractivity contribution in [1.82, 2.24) is 0 Å². The zero-order chi connectivity index (χ0) is 11.4. The van der Waals surface area contributed by atoms with Crippen LogP contribution in [0.15, 0.2) is 30.3 Å². The van der Waals surface area contributed by atoms with E-state index in [0.717, 1.165) is 5.56 Å². The zero-order valence-electron chi connectivity index (χ0n) is 8.72. The first kappa shape index (κ1) is 10.7. The van der Waals surface area contributed by atoms with Gasteiger partial charge >= 0.3 is 11.9 Å². The molecule has 1 saturated heterocycles. The van der Waals surface area contributed by atoms with Gasteiger partial charge in [0.1, 0.15) is 0 Å². The number of carbonyl (C=O) groups excluding carboxylic acids is 2. The highest BCUT2D eigenvalue weighted by Gasteiger charge is 2.29. The minimum Gasteiger partial charge on any atom is -0.451 e. The molecule has 0 amide bonds. The fourth-order valence-electron chi connectivity index (χ4n) is 1.58. The summed E-state index contributed by atoms with van der Waals surface area (Å²) in [7, 11) is 0. The largest absolute Gasteiger partial charge is 0.451 e. The summed E-state index contributed by atoms with van der Waals surface area (Å²) < 4.78 is 9.58. The smallest absolute Gasteiger partial charge is 0.348 e. The lowest BCUT2D eigenvalue weighted by Gasteiger charge is -2.20. The molecule has 1 heterocycles. The summed E-state index contributed by atoms with van der Waals surface area (Å²) in [4.78, 5) is 22.2. The Hall–Kier alpha value is -1.84. The van der Waals surface area contributed by atoms with Crippen LogP contribution < -0.4 is 0 Å². The third-order valence-electron chi connectivity index (χ3n) is 2.41. The molecule has 16 heavy (non-hydrogen) atoms. The molecule has 1 unspecified atom stereocenters. The molecule has 4 nitrogen and oxygen atoms in total. The molecule has 1 atom stereocenters. The van der Waals surface area contributed by atoms with Crippen LogP contribution in [0.4, 0.5) is 0 Å². The van der Waals surface area contributed by atoms with Crippen molar-refractivity contribution in [3.63, 3.8) is 0 Å². The Labute approximate surface area is 93.2 Å². The number of aryl methyl sites for hydroxylation is 1. The van der Waals surface area contributed by atoms with Gasteiger partial charge in [0.25, 0.3) is 0 Å². The molecule has 1 aliphatic rings. The maximum atomic E-state index is 11.3. The van der Waals surface area contributed by atoms with Crippen molar-refractivity contribution >= 4 is 11.9 Å². The lowest BCUT2D eigenvalue weighted by molar-refractivity contribution is -0.185. The Morgan fingerprint density at radius 2 is 1.94 bits per heavy atom. The summed E-state index contributed by atoms with van der Waals surface area (Å²) in [5.41, 5.74) is 1.11. The number of hydrogen-bond donors (Lipinski definition) is 0. The average molecular weight is 220 g/mol. The maximum Gasteiger partial charge on any atom is 0.348 e. The van der Waals surface area contributed by atoms with E-state index in [2.05, 4.69) is 4.74 Å². The number of benzene rings is 1. The van der Waals surface area contributed by atoms with E-state index < -0.39 is 18.0 Å². The summed E-state index contributed by atoms with van der Waals surface area (Å²) >= 11 is 0. The highest BCUT2D eigenvalue weighted by Crippen LogP contribution is 2.12. The molecule has 2 rings (SSSR count). The lowest BCUT2D eigenvalue weighted by atomic mass is 10.1. The quantitative estimate of drug-likeness (QED) is 0.715. The standard InChI is InChI=1S/C12H12O4/c13-11-8-15-12(14)10(16-11)7-6-9-4-2-1-3-5-9/h1-5,10H,6-8H2. The average Bonchev–Trinajstić information content (AvgIpc) is 2.32. The second-order valence-electron chi connectivity index (χ2n) is 3.61. The van der Waals surface area contributed by atoms with Crippen LogP contribution in [0.25, 0.3) is 0 Å². The summed E-state index contributed by atoms with van der Waals surface area (Å²) in [6.07, 6.45) is 0.407. The summed E-state index contributed by atoms with van der Waals surface area (Å²) in [6.45, 7) is -0.263. The Balaban J connectivity index is 1.90. The molecule has 4 heteroatoms. The SMILES string of the molecule is O=C1COC(=O)C(CCc2ccccc2)O1. The molecule has 0 saturated carbocycles. The first-order chi connectivity index (χ1) is 7.75. The van der Waals surface area contributed by atoms with Crippen molar-refractivity contribution < 1.29 is 19.1 Å².